The Balaban J connectivity index is 0.00000420. The SMILES string of the molecule is Cl.Cn1cnc(S(=O)(=O)N2CCN(C3(CCC(=O)c4ccccc4OC(F)(F)F)CCC(F)(F)CC3)CC2)c1. The van der Waals surface area contributed by atoms with Crippen LogP contribution in [0.1, 0.15) is 48.9 Å². The molecule has 218 valence electrons. The summed E-state index contributed by atoms with van der Waals surface area (Å²) in [7, 11) is -2.17. The summed E-state index contributed by atoms with van der Waals surface area (Å²) in [6, 6.07) is 5.04. The molecule has 0 atom stereocenters. The molecular formula is C24H30ClF5N4O4S. The lowest BCUT2D eigenvalue weighted by Crippen LogP contribution is -2.59. The van der Waals surface area contributed by atoms with Gasteiger partial charge in [-0.15, -0.1) is 25.6 Å². The highest BCUT2D eigenvalue weighted by molar-refractivity contribution is 7.89. The number of ether oxygens (including phenoxy) is 1. The highest BCUT2D eigenvalue weighted by Crippen LogP contribution is 2.45. The van der Waals surface area contributed by atoms with Crippen LogP contribution < -0.4 is 4.74 Å². The number of carbonyl (C=O) groups excluding carboxylic acids is 1. The minimum absolute atomic E-state index is 0. The van der Waals surface area contributed by atoms with Gasteiger partial charge in [-0.2, -0.15) is 4.31 Å². The fraction of sp³-hybridized carbons (Fsp3) is 0.583. The first-order chi connectivity index (χ1) is 17.7. The predicted molar refractivity (Wildman–Crippen MR) is 134 cm³/mol. The third-order valence-corrected chi connectivity index (χ3v) is 9.12. The van der Waals surface area contributed by atoms with E-state index in [-0.39, 0.29) is 87.7 Å². The van der Waals surface area contributed by atoms with Crippen molar-refractivity contribution < 1.29 is 39.9 Å². The Morgan fingerprint density at radius 3 is 2.23 bits per heavy atom. The monoisotopic (exact) mass is 600 g/mol. The third-order valence-electron chi connectivity index (χ3n) is 7.34. The molecule has 0 spiro atoms. The summed E-state index contributed by atoms with van der Waals surface area (Å²) in [6.07, 6.45) is -2.81. The van der Waals surface area contributed by atoms with E-state index >= 15 is 0 Å². The summed E-state index contributed by atoms with van der Waals surface area (Å²) in [6.45, 7) is 0.764. The second kappa shape index (κ2) is 11.7. The van der Waals surface area contributed by atoms with Crippen LogP contribution in [0.15, 0.2) is 41.8 Å². The molecule has 2 aliphatic rings. The van der Waals surface area contributed by atoms with Crippen LogP contribution in [0.3, 0.4) is 0 Å². The van der Waals surface area contributed by atoms with Crippen molar-refractivity contribution in [1.29, 1.82) is 0 Å². The quantitative estimate of drug-likeness (QED) is 0.324. The summed E-state index contributed by atoms with van der Waals surface area (Å²) >= 11 is 0. The van der Waals surface area contributed by atoms with Gasteiger partial charge in [-0.25, -0.2) is 22.2 Å². The number of hydrogen-bond acceptors (Lipinski definition) is 6. The molecule has 39 heavy (non-hydrogen) atoms. The number of benzene rings is 1. The smallest absolute Gasteiger partial charge is 0.405 e. The molecule has 1 saturated heterocycles. The van der Waals surface area contributed by atoms with Gasteiger partial charge in [0, 0.05) is 64.2 Å². The van der Waals surface area contributed by atoms with E-state index in [2.05, 4.69) is 9.72 Å². The molecule has 1 aromatic carbocycles. The van der Waals surface area contributed by atoms with Gasteiger partial charge in [-0.1, -0.05) is 12.1 Å². The Kier molecular flexibility index (Phi) is 9.35. The molecule has 0 amide bonds. The van der Waals surface area contributed by atoms with Gasteiger partial charge in [-0.05, 0) is 31.4 Å². The van der Waals surface area contributed by atoms with E-state index in [1.54, 1.807) is 7.05 Å². The van der Waals surface area contributed by atoms with E-state index in [4.69, 9.17) is 0 Å². The molecule has 2 fully saturated rings. The maximum absolute atomic E-state index is 14.1. The molecule has 1 saturated carbocycles. The number of Topliss-reactive ketones (excluding diaryl/α,β-unsaturated/α-hetero) is 1. The molecule has 0 unspecified atom stereocenters. The van der Waals surface area contributed by atoms with Gasteiger partial charge < -0.3 is 9.30 Å². The first kappa shape index (κ1) is 31.2. The van der Waals surface area contributed by atoms with Crippen LogP contribution in [0, 0.1) is 0 Å². The molecular weight excluding hydrogens is 571 g/mol. The number of sulfonamides is 1. The topological polar surface area (TPSA) is 84.7 Å². The maximum atomic E-state index is 14.1. The lowest BCUT2D eigenvalue weighted by atomic mass is 9.74. The van der Waals surface area contributed by atoms with Crippen molar-refractivity contribution in [2.45, 2.75) is 61.4 Å². The number of ketones is 1. The van der Waals surface area contributed by atoms with Crippen molar-refractivity contribution in [3.05, 3.63) is 42.4 Å². The lowest BCUT2D eigenvalue weighted by Gasteiger charge is -2.50. The van der Waals surface area contributed by atoms with Crippen molar-refractivity contribution in [2.75, 3.05) is 26.2 Å². The minimum atomic E-state index is -4.97. The normalized spacial score (nSPS) is 20.3. The van der Waals surface area contributed by atoms with Crippen molar-refractivity contribution in [3.63, 3.8) is 0 Å². The Hall–Kier alpha value is -2.29. The minimum Gasteiger partial charge on any atom is -0.405 e. The second-order valence-corrected chi connectivity index (χ2v) is 11.7. The van der Waals surface area contributed by atoms with Gasteiger partial charge in [0.2, 0.25) is 5.92 Å². The molecule has 0 radical (unpaired) electrons. The van der Waals surface area contributed by atoms with Crippen LogP contribution in [0.2, 0.25) is 0 Å². The highest BCUT2D eigenvalue weighted by Gasteiger charge is 2.48. The molecule has 8 nitrogen and oxygen atoms in total. The highest BCUT2D eigenvalue weighted by atomic mass is 35.5. The number of alkyl halides is 5. The molecule has 2 aromatic rings. The van der Waals surface area contributed by atoms with Gasteiger partial charge >= 0.3 is 6.36 Å². The Labute approximate surface area is 229 Å². The molecule has 4 rings (SSSR count). The largest absolute Gasteiger partial charge is 0.573 e. The first-order valence-corrected chi connectivity index (χ1v) is 13.6. The average molecular weight is 601 g/mol. The standard InChI is InChI=1S/C24H29F5N4O4S.ClH/c1-31-16-21(30-17-31)38(35,36)33-14-12-32(13-15-33)22(8-10-23(25,26)11-9-22)7-6-19(34)18-4-2-3-5-20(18)37-24(27,28)29;/h2-5,16-17H,6-15H2,1H3;1H. The van der Waals surface area contributed by atoms with Crippen molar-refractivity contribution >= 4 is 28.2 Å². The van der Waals surface area contributed by atoms with E-state index in [1.165, 1.54) is 39.6 Å². The average Bonchev–Trinajstić information content (AvgIpc) is 3.30. The van der Waals surface area contributed by atoms with E-state index < -0.39 is 39.4 Å². The summed E-state index contributed by atoms with van der Waals surface area (Å²) in [5, 5.41) is -0.0780. The van der Waals surface area contributed by atoms with Crippen LogP contribution in [-0.2, 0) is 17.1 Å². The van der Waals surface area contributed by atoms with Gasteiger partial charge in [-0.3, -0.25) is 9.69 Å². The summed E-state index contributed by atoms with van der Waals surface area (Å²) in [4.78, 5) is 18.9. The molecule has 2 heterocycles. The van der Waals surface area contributed by atoms with E-state index in [0.717, 1.165) is 6.07 Å². The molecule has 1 aliphatic heterocycles. The number of hydrogen-bond donors (Lipinski definition) is 0. The second-order valence-electron chi connectivity index (χ2n) is 9.82. The number of imidazole rings is 1. The fourth-order valence-corrected chi connectivity index (χ4v) is 6.64. The zero-order valence-electron chi connectivity index (χ0n) is 21.2. The number of nitrogens with zero attached hydrogens (tertiary/aromatic N) is 4. The number of rotatable bonds is 8. The lowest BCUT2D eigenvalue weighted by molar-refractivity contribution is -0.274. The number of aromatic nitrogens is 2. The van der Waals surface area contributed by atoms with Crippen LogP contribution in [0.5, 0.6) is 5.75 Å². The summed E-state index contributed by atoms with van der Waals surface area (Å²) in [5.74, 6) is -4.04. The molecule has 15 heteroatoms. The van der Waals surface area contributed by atoms with Crippen LogP contribution >= 0.6 is 12.4 Å². The molecule has 0 bridgehead atoms. The summed E-state index contributed by atoms with van der Waals surface area (Å²) in [5.41, 5.74) is -1.04. The number of aryl methyl sites for hydroxylation is 1. The van der Waals surface area contributed by atoms with Gasteiger partial charge in [0.15, 0.2) is 10.8 Å². The Bertz CT molecular complexity index is 1250. The zero-order chi connectivity index (χ0) is 27.8. The summed E-state index contributed by atoms with van der Waals surface area (Å²) < 4.78 is 99.3. The van der Waals surface area contributed by atoms with Crippen molar-refractivity contribution in [3.8, 4) is 5.75 Å². The Morgan fingerprint density at radius 2 is 1.67 bits per heavy atom. The van der Waals surface area contributed by atoms with Gasteiger partial charge in [0.25, 0.3) is 10.0 Å². The number of halogens is 6. The molecule has 1 aromatic heterocycles. The predicted octanol–water partition coefficient (Wildman–Crippen LogP) is 4.66. The van der Waals surface area contributed by atoms with E-state index in [0.29, 0.717) is 0 Å². The van der Waals surface area contributed by atoms with E-state index in [1.807, 2.05) is 4.90 Å². The van der Waals surface area contributed by atoms with E-state index in [9.17, 15) is 35.2 Å². The first-order valence-electron chi connectivity index (χ1n) is 12.2. The Morgan fingerprint density at radius 1 is 1.05 bits per heavy atom. The van der Waals surface area contributed by atoms with Crippen molar-refractivity contribution in [2.24, 2.45) is 7.05 Å². The zero-order valence-corrected chi connectivity index (χ0v) is 22.8. The van der Waals surface area contributed by atoms with Crippen LogP contribution in [-0.4, -0.2) is 77.0 Å². The number of para-hydroxylation sites is 1. The molecule has 0 N–H and O–H groups in total. The van der Waals surface area contributed by atoms with Gasteiger partial charge in [0.1, 0.15) is 5.75 Å². The fourth-order valence-electron chi connectivity index (χ4n) is 5.25. The van der Waals surface area contributed by atoms with Crippen LogP contribution in [0.4, 0.5) is 22.0 Å². The van der Waals surface area contributed by atoms with Gasteiger partial charge in [0.05, 0.1) is 11.9 Å². The van der Waals surface area contributed by atoms with Crippen LogP contribution in [0.25, 0.3) is 0 Å². The maximum Gasteiger partial charge on any atom is 0.573 e. The molecule has 1 aliphatic carbocycles. The number of piperazine rings is 1. The number of carbonyl (C=O) groups is 1. The third kappa shape index (κ3) is 7.27. The van der Waals surface area contributed by atoms with Crippen molar-refractivity contribution in [1.82, 2.24) is 18.8 Å².